The van der Waals surface area contributed by atoms with Gasteiger partial charge in [0.05, 0.1) is 19.8 Å². The van der Waals surface area contributed by atoms with E-state index in [1.54, 1.807) is 0 Å². The molecule has 0 bridgehead atoms. The number of unbranched alkanes of at least 4 members (excludes halogenated alkanes) is 2. The molecule has 0 aromatic heterocycles. The molecule has 14 heteroatoms. The molecule has 0 aliphatic carbocycles. The number of aryl methyl sites for hydroxylation is 2. The van der Waals surface area contributed by atoms with Crippen LogP contribution in [0.4, 0.5) is 4.79 Å². The van der Waals surface area contributed by atoms with Crippen LogP contribution in [0.1, 0.15) is 320 Å². The SMILES string of the molecule is CC(C)(C)C1CCN(CCCC(=O)CCc2ccccc2)CC1.CC(C)(C)C1CCN(CCCCOCCc2ccccc2)CC1.CC(C)(C)C1CCN(CCCCc2ccccc2)CC1.CC(C)(C)C1CCN(CCCN2CCN(Cc3ccccc3)C2=O)CC1.CC(C)(C)C1CCN(CCN)CC1.CC(C)(C)C1CCN(CCOCc2ccccc2)CC1.CC(C)(C)C1CCN(Cc2ccccc2)CC1. The van der Waals surface area contributed by atoms with Gasteiger partial charge >= 0.3 is 6.03 Å². The summed E-state index contributed by atoms with van der Waals surface area (Å²) in [6, 6.07) is 63.5. The zero-order valence-corrected chi connectivity index (χ0v) is 95.0. The van der Waals surface area contributed by atoms with Gasteiger partial charge in [0, 0.05) is 71.8 Å². The minimum atomic E-state index is 0.209. The monoisotopic (exact) mass is 1950 g/mol. The van der Waals surface area contributed by atoms with Crippen LogP contribution in [0.3, 0.4) is 0 Å². The lowest BCUT2D eigenvalue weighted by Gasteiger charge is -2.38. The molecular formula is C128H212N10O4. The summed E-state index contributed by atoms with van der Waals surface area (Å²) < 4.78 is 11.5. The second-order valence-electron chi connectivity index (χ2n) is 51.3. The van der Waals surface area contributed by atoms with Gasteiger partial charge in [-0.15, -0.1) is 0 Å². The number of amides is 2. The number of ketones is 1. The maximum atomic E-state index is 12.6. The van der Waals surface area contributed by atoms with Gasteiger partial charge in [-0.2, -0.15) is 0 Å². The van der Waals surface area contributed by atoms with Crippen molar-refractivity contribution in [1.82, 2.24) is 44.1 Å². The van der Waals surface area contributed by atoms with Gasteiger partial charge in [-0.05, 0) is 378 Å². The summed E-state index contributed by atoms with van der Waals surface area (Å²) >= 11 is 0. The van der Waals surface area contributed by atoms with Crippen molar-refractivity contribution in [1.29, 1.82) is 0 Å². The number of urea groups is 1. The van der Waals surface area contributed by atoms with Crippen molar-refractivity contribution in [3.8, 4) is 0 Å². The van der Waals surface area contributed by atoms with Crippen molar-refractivity contribution >= 4 is 11.8 Å². The molecule has 0 atom stereocenters. The third-order valence-electron chi connectivity index (χ3n) is 33.2. The number of nitrogens with two attached hydrogens (primary N) is 1. The number of piperidine rings is 7. The zero-order chi connectivity index (χ0) is 103. The molecule has 6 aromatic carbocycles. The fraction of sp³-hybridized carbons (Fsp3) is 0.703. The normalized spacial score (nSPS) is 18.9. The predicted molar refractivity (Wildman–Crippen MR) is 608 cm³/mol. The Bertz CT molecular complexity index is 4090. The summed E-state index contributed by atoms with van der Waals surface area (Å²) in [5.41, 5.74) is 16.9. The first kappa shape index (κ1) is 121. The molecule has 8 saturated heterocycles. The molecule has 2 N–H and O–H groups in total. The predicted octanol–water partition coefficient (Wildman–Crippen LogP) is 28.0. The van der Waals surface area contributed by atoms with Crippen molar-refractivity contribution in [2.45, 2.75) is 326 Å². The topological polar surface area (TPSA) is 108 Å². The number of ether oxygens (including phenoxy) is 2. The first-order chi connectivity index (χ1) is 67.6. The van der Waals surface area contributed by atoms with E-state index in [2.05, 4.69) is 319 Å². The van der Waals surface area contributed by atoms with Crippen LogP contribution in [0, 0.1) is 79.3 Å². The fourth-order valence-electron chi connectivity index (χ4n) is 22.7. The first-order valence-electron chi connectivity index (χ1n) is 57.4. The number of nitrogens with zero attached hydrogens (tertiary/aromatic N) is 9. The van der Waals surface area contributed by atoms with E-state index in [0.29, 0.717) is 50.1 Å². The quantitative estimate of drug-likeness (QED) is 0.0383. The second kappa shape index (κ2) is 63.6. The van der Waals surface area contributed by atoms with Crippen LogP contribution >= 0.6 is 0 Å². The lowest BCUT2D eigenvalue weighted by molar-refractivity contribution is -0.119. The Hall–Kier alpha value is -6.14. The highest BCUT2D eigenvalue weighted by Gasteiger charge is 2.36. The molecule has 14 rings (SSSR count). The van der Waals surface area contributed by atoms with Crippen molar-refractivity contribution in [3.05, 3.63) is 215 Å². The van der Waals surface area contributed by atoms with Crippen LogP contribution < -0.4 is 5.73 Å². The minimum Gasteiger partial charge on any atom is -0.381 e. The molecule has 798 valence electrons. The molecule has 0 radical (unpaired) electrons. The average molecular weight is 1960 g/mol. The van der Waals surface area contributed by atoms with E-state index in [1.165, 1.54) is 260 Å². The standard InChI is InChI=1S/C22H35N3O.C21H35NO.C21H33NO.C19H31N.C18H29NO.C16H25N.C11H24N2/c1-22(2,3)20-10-14-23(15-11-20)12-7-13-24-16-17-25(21(24)26)18-19-8-5-4-6-9-19;1-21(2,3)20-11-15-22(16-12-20)14-7-8-17-23-18-13-19-9-5-4-6-10-19;1-21(2,3)19-13-16-22(17-14-19)15-7-10-20(23)12-11-18-8-5-4-6-9-18;1-19(2,3)18-12-15-20(16-13-18)14-8-7-11-17-9-5-4-6-10-17;1-18(2,3)17-9-11-19(12-10-17)13-14-20-15-16-7-5-4-6-8-16;1-16(2,3)15-9-11-17(12-10-15)13-14-7-5-4-6-8-14;1-11(2,3)10-4-7-13(8-5-10)9-6-12/h4-6,8-9,20H,7,10-18H2,1-3H3;4-6,9-10,20H,7-8,11-18H2,1-3H3;4-6,8-9,19H,7,10-17H2,1-3H3;4-6,9-10,18H,7-8,11-16H2,1-3H3;4-8,17H,9-15H2,1-3H3;4-8,15H,9-13H2,1-3H3;10H,4-9,12H2,1-3H3. The number of carbonyl (C=O) groups is 2. The largest absolute Gasteiger partial charge is 0.381 e. The van der Waals surface area contributed by atoms with Crippen LogP contribution in [-0.4, -0.2) is 233 Å². The Labute approximate surface area is 872 Å². The summed E-state index contributed by atoms with van der Waals surface area (Å²) in [6.45, 7) is 82.9. The molecule has 0 spiro atoms. The maximum absolute atomic E-state index is 12.6. The lowest BCUT2D eigenvalue weighted by atomic mass is 9.75. The summed E-state index contributed by atoms with van der Waals surface area (Å²) in [4.78, 5) is 46.7. The third-order valence-corrected chi connectivity index (χ3v) is 33.2. The molecule has 2 amide bonds. The van der Waals surface area contributed by atoms with Crippen LogP contribution in [0.5, 0.6) is 0 Å². The molecule has 8 heterocycles. The zero-order valence-electron chi connectivity index (χ0n) is 95.0. The number of hydrogen-bond acceptors (Lipinski definition) is 12. The lowest BCUT2D eigenvalue weighted by Crippen LogP contribution is -2.40. The molecule has 8 fully saturated rings. The second-order valence-corrected chi connectivity index (χ2v) is 51.3. The van der Waals surface area contributed by atoms with E-state index in [0.717, 1.165) is 165 Å². The molecule has 0 unspecified atom stereocenters. The molecule has 8 aliphatic rings. The van der Waals surface area contributed by atoms with Gasteiger partial charge in [0.15, 0.2) is 0 Å². The van der Waals surface area contributed by atoms with Gasteiger partial charge in [0.1, 0.15) is 5.78 Å². The number of rotatable bonds is 35. The van der Waals surface area contributed by atoms with E-state index < -0.39 is 0 Å². The van der Waals surface area contributed by atoms with Gasteiger partial charge in [0.25, 0.3) is 0 Å². The van der Waals surface area contributed by atoms with E-state index in [-0.39, 0.29) is 6.03 Å². The van der Waals surface area contributed by atoms with Gasteiger partial charge in [-0.25, -0.2) is 4.79 Å². The fourth-order valence-corrected chi connectivity index (χ4v) is 22.7. The van der Waals surface area contributed by atoms with Gasteiger partial charge in [-0.1, -0.05) is 327 Å². The van der Waals surface area contributed by atoms with Gasteiger partial charge in [0.2, 0.25) is 0 Å². The summed E-state index contributed by atoms with van der Waals surface area (Å²) in [5.74, 6) is 6.62. The highest BCUT2D eigenvalue weighted by Crippen LogP contribution is 2.41. The van der Waals surface area contributed by atoms with Crippen LogP contribution in [0.25, 0.3) is 0 Å². The number of benzene rings is 6. The molecular weight excluding hydrogens is 1740 g/mol. The number of Topliss-reactive ketones (excluding diaryl/α,β-unsaturated/α-hetero) is 1. The smallest absolute Gasteiger partial charge is 0.320 e. The minimum absolute atomic E-state index is 0.209. The molecule has 6 aromatic rings. The van der Waals surface area contributed by atoms with E-state index in [1.807, 2.05) is 52.3 Å². The van der Waals surface area contributed by atoms with Crippen LogP contribution in [0.15, 0.2) is 182 Å². The Balaban J connectivity index is 0.000000204. The van der Waals surface area contributed by atoms with E-state index >= 15 is 0 Å². The maximum Gasteiger partial charge on any atom is 0.320 e. The first-order valence-corrected chi connectivity index (χ1v) is 57.4. The Morgan fingerprint density at radius 1 is 0.254 bits per heavy atom. The number of likely N-dealkylation sites (tertiary alicyclic amines) is 7. The summed E-state index contributed by atoms with van der Waals surface area (Å²) in [6.07, 6.45) is 30.7. The van der Waals surface area contributed by atoms with E-state index in [4.69, 9.17) is 15.2 Å². The summed E-state index contributed by atoms with van der Waals surface area (Å²) in [5, 5.41) is 0. The molecule has 8 aliphatic heterocycles. The van der Waals surface area contributed by atoms with Crippen molar-refractivity contribution in [3.63, 3.8) is 0 Å². The van der Waals surface area contributed by atoms with Crippen molar-refractivity contribution in [2.75, 3.05) is 177 Å². The Morgan fingerprint density at radius 2 is 0.535 bits per heavy atom. The average Bonchev–Trinajstić information content (AvgIpc) is 1.46. The van der Waals surface area contributed by atoms with E-state index in [9.17, 15) is 9.59 Å². The van der Waals surface area contributed by atoms with Gasteiger partial charge < -0.3 is 54.4 Å². The van der Waals surface area contributed by atoms with Crippen molar-refractivity contribution < 1.29 is 19.1 Å². The Morgan fingerprint density at radius 3 is 0.887 bits per heavy atom. The van der Waals surface area contributed by atoms with Crippen LogP contribution in [0.2, 0.25) is 0 Å². The molecule has 14 nitrogen and oxygen atoms in total. The molecule has 0 saturated carbocycles. The third kappa shape index (κ3) is 49.3. The van der Waals surface area contributed by atoms with Crippen LogP contribution in [-0.2, 0) is 53.2 Å². The number of hydrogen-bond donors (Lipinski definition) is 1. The molecule has 142 heavy (non-hydrogen) atoms. The highest BCUT2D eigenvalue weighted by atomic mass is 16.5. The highest BCUT2D eigenvalue weighted by molar-refractivity contribution is 5.78. The Kier molecular flexibility index (Phi) is 54.3. The van der Waals surface area contributed by atoms with Gasteiger partial charge in [-0.3, -0.25) is 9.69 Å². The summed E-state index contributed by atoms with van der Waals surface area (Å²) in [7, 11) is 0. The van der Waals surface area contributed by atoms with Crippen molar-refractivity contribution in [2.24, 2.45) is 85.1 Å². The number of carbonyl (C=O) groups excluding carboxylic acids is 2.